The van der Waals surface area contributed by atoms with Crippen LogP contribution in [0.5, 0.6) is 0 Å². The maximum atomic E-state index is 14.7. The molecule has 3 aromatic heterocycles. The molecule has 8 bridgehead atoms. The van der Waals surface area contributed by atoms with Crippen molar-refractivity contribution in [1.82, 2.24) is 52.1 Å². The SMILES string of the molecule is C=CCOC(=O)C(CCCC)OC(=O)CN(C)S(=O)(=O)CCCS(=O)(=O)c1ccc2c3nc4nc(nc5[n-]c(nc6nc(cc([n-]3)c2c1)-c1cc(S(=O)(=O)CCCS(=O)(=O)N(C)CC(=O)OC(CCCC)C(=O)OC)ccc1-6)c1ccc(S(=O)(=O)CCCS(=O)(=O)N(C)CC(=O)OC(CCCC)C(=O)OC)cc51)-c1cc(S(=O)(=O)CCCS(=O)(=O)N(C)CC(=O)OC(CCCC)C(=O)OC)ccc1-4.[Cu+2]. The molecule has 4 aromatic carbocycles. The number of benzene rings is 4. The normalized spacial score (nSPS) is 13.5. The number of ether oxygens (including phenoxy) is 8. The number of sulfonamides is 4. The zero-order valence-corrected chi connectivity index (χ0v) is 85.6. The fourth-order valence-electron chi connectivity index (χ4n) is 14.3. The quantitative estimate of drug-likeness (QED) is 0.0180. The standard InChI is InChI=1S/C87H111N11O32S8.Cu/c1-13-18-26-70(84(103)123-10)127-74(99)52-95(6)135(115,116)43-22-39-131(107,108)56-30-34-60-64(47-56)68-51-69-65-48-57(132(109,110)40-23-44-138(121,122)98(9)55-77(102)130-73(29-21-16-4)87(106)126-38-17-5)31-35-61(65)79(89-69)91-81-63-37-33-59(134(113,114)42-25-46-137(119,120)97(8)54-76(101)129-72(28-20-15-3)86(105)125-12)50-67(63)83(93-81)94-82-66-49-58(32-36-62(66)80(92-82)90-78(60)88-68)133(111,112)41-24-45-136(117,118)96(7)53-75(100)128-71(27-19-14-2)85(104)124-11;/h17,30-37,47-51,70-73H,5,13-16,18-29,38-46,52-55H2,1-4,6-12H3;/q-2;+2. The van der Waals surface area contributed by atoms with Gasteiger partial charge in [0.2, 0.25) is 40.1 Å². The van der Waals surface area contributed by atoms with Crippen LogP contribution in [0.15, 0.2) is 111 Å². The van der Waals surface area contributed by atoms with Gasteiger partial charge in [-0.05, 0) is 164 Å². The van der Waals surface area contributed by atoms with E-state index in [2.05, 4.69) is 6.58 Å². The smallest absolute Gasteiger partial charge is 0.466 e. The summed E-state index contributed by atoms with van der Waals surface area (Å²) in [6.07, 6.45) is -1.65. The molecule has 43 nitrogen and oxygen atoms in total. The number of aromatic nitrogens is 7. The number of sulfone groups is 4. The van der Waals surface area contributed by atoms with Crippen molar-refractivity contribution in [3.8, 4) is 45.4 Å². The number of hydrogen-bond donors (Lipinski definition) is 0. The molecule has 4 atom stereocenters. The molecule has 0 amide bonds. The van der Waals surface area contributed by atoms with E-state index in [1.54, 1.807) is 0 Å². The molecule has 0 spiro atoms. The van der Waals surface area contributed by atoms with Gasteiger partial charge in [-0.15, -0.1) is 0 Å². The second kappa shape index (κ2) is 49.5. The van der Waals surface area contributed by atoms with Gasteiger partial charge in [-0.3, -0.25) is 19.2 Å². The predicted octanol–water partition coefficient (Wildman–Crippen LogP) is 6.09. The second-order valence-corrected chi connectivity index (χ2v) is 49.6. The molecule has 139 heavy (non-hydrogen) atoms. The number of hydrogen-bond acceptors (Lipinski definition) is 37. The summed E-state index contributed by atoms with van der Waals surface area (Å²) in [5.74, 6) is -15.4. The van der Waals surface area contributed by atoms with E-state index in [4.69, 9.17) is 72.8 Å². The first-order valence-corrected chi connectivity index (χ1v) is 56.9. The van der Waals surface area contributed by atoms with Crippen LogP contribution in [0.1, 0.15) is 130 Å². The van der Waals surface area contributed by atoms with Gasteiger partial charge in [-0.1, -0.05) is 90.3 Å². The molecule has 4 unspecified atom stereocenters. The Balaban J connectivity index is 0.0000237. The number of fused-ring (bicyclic) bond motifs is 20. The summed E-state index contributed by atoms with van der Waals surface area (Å²) in [5, 5.41) is -0.0277. The van der Waals surface area contributed by atoms with E-state index in [-0.39, 0.29) is 139 Å². The van der Waals surface area contributed by atoms with Gasteiger partial charge in [-0.25, -0.2) is 96.5 Å². The van der Waals surface area contributed by atoms with E-state index in [1.807, 2.05) is 27.7 Å². The maximum Gasteiger partial charge on any atom is 2.00 e. The third-order valence-electron chi connectivity index (χ3n) is 22.1. The van der Waals surface area contributed by atoms with Crippen molar-refractivity contribution in [1.29, 1.82) is 0 Å². The van der Waals surface area contributed by atoms with Crippen molar-refractivity contribution >= 4 is 171 Å². The zero-order valence-electron chi connectivity index (χ0n) is 78.2. The van der Waals surface area contributed by atoms with E-state index in [0.717, 1.165) is 79.9 Å². The average Bonchev–Trinajstić information content (AvgIpc) is 1.59. The van der Waals surface area contributed by atoms with Crippen LogP contribution in [0, 0.1) is 0 Å². The fraction of sp³-hybridized carbons (Fsp3) is 0.506. The number of unbranched alkanes of at least 4 members (excludes halogenated alkanes) is 4. The van der Waals surface area contributed by atoms with E-state index in [0.29, 0.717) is 68.6 Å². The minimum atomic E-state index is -4.56. The van der Waals surface area contributed by atoms with Gasteiger partial charge in [0, 0.05) is 61.7 Å². The van der Waals surface area contributed by atoms with Crippen LogP contribution in [-0.4, -0.2) is 310 Å². The Morgan fingerprint density at radius 2 is 0.640 bits per heavy atom. The molecule has 0 fully saturated rings. The number of carbonyl (C=O) groups is 8. The average molecular weight is 2140 g/mol. The molecule has 0 saturated carbocycles. The van der Waals surface area contributed by atoms with Crippen LogP contribution in [0.25, 0.3) is 89.4 Å². The van der Waals surface area contributed by atoms with Crippen molar-refractivity contribution < 1.29 is 161 Å². The third-order valence-corrected chi connectivity index (χ3v) is 36.9. The Morgan fingerprint density at radius 1 is 0.345 bits per heavy atom. The molecule has 2 aliphatic rings. The topological polar surface area (TPSA) is 589 Å². The van der Waals surface area contributed by atoms with Gasteiger partial charge in [0.05, 0.1) is 110 Å². The third kappa shape index (κ3) is 30.0. The van der Waals surface area contributed by atoms with Crippen LogP contribution in [0.2, 0.25) is 0 Å². The van der Waals surface area contributed by atoms with Crippen LogP contribution in [0.3, 0.4) is 0 Å². The first-order chi connectivity index (χ1) is 64.9. The van der Waals surface area contributed by atoms with Crippen LogP contribution < -0.4 is 9.97 Å². The molecule has 1 radical (unpaired) electrons. The molecule has 7 aromatic rings. The number of rotatable bonds is 54. The first kappa shape index (κ1) is 114. The Morgan fingerprint density at radius 3 is 0.993 bits per heavy atom. The molecule has 9 rings (SSSR count). The Bertz CT molecular complexity index is 6680. The second-order valence-electron chi connectivity index (χ2n) is 32.4. The van der Waals surface area contributed by atoms with Crippen LogP contribution in [0.4, 0.5) is 0 Å². The van der Waals surface area contributed by atoms with Crippen molar-refractivity contribution in [2.75, 3.05) is 128 Å². The van der Waals surface area contributed by atoms with E-state index in [1.165, 1.54) is 54.6 Å². The molecule has 0 saturated heterocycles. The number of carbonyl (C=O) groups excluding carboxylic acids is 8. The molecular weight excluding hydrogens is 2030 g/mol. The summed E-state index contributed by atoms with van der Waals surface area (Å²) in [6.45, 7) is 7.15. The van der Waals surface area contributed by atoms with Crippen LogP contribution in [-0.2, 0) is 173 Å². The summed E-state index contributed by atoms with van der Waals surface area (Å²) >= 11 is 0. The van der Waals surface area contributed by atoms with Crippen molar-refractivity contribution in [3.05, 3.63) is 91.5 Å². The Kier molecular flexibility index (Phi) is 40.6. The number of likely N-dealkylation sites (N-methyl/N-ethyl adjacent to an activating group) is 4. The zero-order chi connectivity index (χ0) is 102. The maximum absolute atomic E-state index is 14.7. The van der Waals surface area contributed by atoms with Crippen molar-refractivity contribution in [2.24, 2.45) is 0 Å². The monoisotopic (exact) mass is 2140 g/mol. The van der Waals surface area contributed by atoms with Gasteiger partial charge in [-0.2, -0.15) is 17.2 Å². The van der Waals surface area contributed by atoms with E-state index < -0.39 is 269 Å². The number of esters is 8. The van der Waals surface area contributed by atoms with Gasteiger partial charge in [0.25, 0.3) is 0 Å². The number of methoxy groups -OCH3 is 3. The Hall–Kier alpha value is -10.2. The molecular formula is C87H111CuN11O32S8. The first-order valence-electron chi connectivity index (χ1n) is 43.8. The van der Waals surface area contributed by atoms with Gasteiger partial charge < -0.3 is 62.8 Å². The summed E-state index contributed by atoms with van der Waals surface area (Å²) in [6, 6.07) is 15.8. The number of nitrogens with zero attached hydrogens (tertiary/aromatic N) is 11. The fourth-order valence-corrected chi connectivity index (χ4v) is 24.9. The molecule has 5 heterocycles. The van der Waals surface area contributed by atoms with Gasteiger partial charge in [0.1, 0.15) is 32.8 Å². The summed E-state index contributed by atoms with van der Waals surface area (Å²) in [5.41, 5.74) is -1.20. The molecule has 0 aliphatic carbocycles. The molecule has 765 valence electrons. The van der Waals surface area contributed by atoms with Crippen molar-refractivity contribution in [3.63, 3.8) is 0 Å². The molecule has 0 N–H and O–H groups in total. The summed E-state index contributed by atoms with van der Waals surface area (Å²) < 4.78 is 270. The Labute approximate surface area is 817 Å². The largest absolute Gasteiger partial charge is 2.00 e. The minimum Gasteiger partial charge on any atom is -0.466 e. The van der Waals surface area contributed by atoms with Gasteiger partial charge in [0.15, 0.2) is 63.8 Å². The van der Waals surface area contributed by atoms with Crippen LogP contribution >= 0.6 is 0 Å². The minimum absolute atomic E-state index is 0. The molecule has 52 heteroatoms. The summed E-state index contributed by atoms with van der Waals surface area (Å²) in [4.78, 5) is 135. The summed E-state index contributed by atoms with van der Waals surface area (Å²) in [7, 11) is -28.4. The predicted molar refractivity (Wildman–Crippen MR) is 503 cm³/mol. The van der Waals surface area contributed by atoms with Crippen molar-refractivity contribution in [2.45, 2.75) is 174 Å². The van der Waals surface area contributed by atoms with E-state index >= 15 is 0 Å². The molecule has 2 aliphatic heterocycles. The van der Waals surface area contributed by atoms with E-state index in [9.17, 15) is 106 Å². The van der Waals surface area contributed by atoms with Gasteiger partial charge >= 0.3 is 64.8 Å².